The summed E-state index contributed by atoms with van der Waals surface area (Å²) in [5.74, 6) is 0.184. The van der Waals surface area contributed by atoms with Gasteiger partial charge in [-0.05, 0) is 54.7 Å². The van der Waals surface area contributed by atoms with Gasteiger partial charge in [0.1, 0.15) is 0 Å². The molecule has 0 radical (unpaired) electrons. The Hall–Kier alpha value is -2.26. The molecule has 3 aromatic rings. The molecule has 0 fully saturated rings. The predicted molar refractivity (Wildman–Crippen MR) is 98.7 cm³/mol. The highest BCUT2D eigenvalue weighted by atomic mass is 35.5. The molecule has 0 bridgehead atoms. The molecule has 4 rings (SSSR count). The average molecular weight is 339 g/mol. The monoisotopic (exact) mass is 338 g/mol. The zero-order valence-corrected chi connectivity index (χ0v) is 14.1. The number of H-pyrrole nitrogens is 1. The van der Waals surface area contributed by atoms with Crippen molar-refractivity contribution < 1.29 is 4.79 Å². The molecule has 24 heavy (non-hydrogen) atoms. The molecule has 1 aromatic heterocycles. The molecule has 3 nitrogen and oxygen atoms in total. The highest BCUT2D eigenvalue weighted by Gasteiger charge is 2.22. The molecule has 1 aliphatic rings. The third-order valence-corrected chi connectivity index (χ3v) is 4.98. The Morgan fingerprint density at radius 1 is 1.21 bits per heavy atom. The molecule has 1 amide bonds. The molecule has 0 saturated carbocycles. The van der Waals surface area contributed by atoms with Crippen molar-refractivity contribution in [3.63, 3.8) is 0 Å². The molecule has 2 aromatic carbocycles. The number of anilines is 1. The van der Waals surface area contributed by atoms with Gasteiger partial charge in [0.15, 0.2) is 0 Å². The molecule has 2 heterocycles. The van der Waals surface area contributed by atoms with E-state index in [1.807, 2.05) is 41.4 Å². The second-order valence-electron chi connectivity index (χ2n) is 6.28. The van der Waals surface area contributed by atoms with Crippen LogP contribution in [0.1, 0.15) is 24.0 Å². The number of fused-ring (bicyclic) bond motifs is 2. The van der Waals surface area contributed by atoms with E-state index in [-0.39, 0.29) is 5.91 Å². The summed E-state index contributed by atoms with van der Waals surface area (Å²) in [5.41, 5.74) is 4.52. The van der Waals surface area contributed by atoms with Crippen molar-refractivity contribution in [2.45, 2.75) is 25.7 Å². The van der Waals surface area contributed by atoms with Crippen LogP contribution in [0.25, 0.3) is 10.9 Å². The number of nitrogens with one attached hydrogen (secondary N) is 1. The zero-order valence-electron chi connectivity index (χ0n) is 13.4. The average Bonchev–Trinajstić information content (AvgIpc) is 3.02. The van der Waals surface area contributed by atoms with E-state index < -0.39 is 0 Å². The van der Waals surface area contributed by atoms with Crippen molar-refractivity contribution in [2.24, 2.45) is 0 Å². The van der Waals surface area contributed by atoms with Crippen molar-refractivity contribution in [2.75, 3.05) is 11.4 Å². The van der Waals surface area contributed by atoms with Gasteiger partial charge in [0.05, 0.1) is 0 Å². The van der Waals surface area contributed by atoms with Crippen LogP contribution in [-0.4, -0.2) is 17.4 Å². The van der Waals surface area contributed by atoms with Gasteiger partial charge in [-0.2, -0.15) is 0 Å². The van der Waals surface area contributed by atoms with Gasteiger partial charge in [-0.3, -0.25) is 4.79 Å². The Kier molecular flexibility index (Phi) is 4.03. The van der Waals surface area contributed by atoms with Gasteiger partial charge in [-0.25, -0.2) is 0 Å². The Bertz CT molecular complexity index is 900. The van der Waals surface area contributed by atoms with E-state index in [0.29, 0.717) is 6.42 Å². The Morgan fingerprint density at radius 2 is 2.08 bits per heavy atom. The highest BCUT2D eigenvalue weighted by molar-refractivity contribution is 6.30. The predicted octanol–water partition coefficient (Wildman–Crippen LogP) is 4.73. The van der Waals surface area contributed by atoms with Crippen LogP contribution < -0.4 is 4.90 Å². The minimum atomic E-state index is 0.184. The molecule has 122 valence electrons. The van der Waals surface area contributed by atoms with Crippen LogP contribution in [0.5, 0.6) is 0 Å². The number of hydrogen-bond acceptors (Lipinski definition) is 1. The quantitative estimate of drug-likeness (QED) is 0.736. The largest absolute Gasteiger partial charge is 0.361 e. The van der Waals surface area contributed by atoms with Crippen molar-refractivity contribution in [1.29, 1.82) is 0 Å². The van der Waals surface area contributed by atoms with Gasteiger partial charge in [0.2, 0.25) is 5.91 Å². The first-order valence-corrected chi connectivity index (χ1v) is 8.74. The number of para-hydroxylation sites is 1. The smallest absolute Gasteiger partial charge is 0.227 e. The summed E-state index contributed by atoms with van der Waals surface area (Å²) in [6.45, 7) is 0.793. The van der Waals surface area contributed by atoms with E-state index in [1.54, 1.807) is 0 Å². The van der Waals surface area contributed by atoms with Crippen LogP contribution in [0.3, 0.4) is 0 Å². The minimum absolute atomic E-state index is 0.184. The molecule has 4 heteroatoms. The number of halogens is 1. The lowest BCUT2D eigenvalue weighted by molar-refractivity contribution is -0.118. The number of amides is 1. The van der Waals surface area contributed by atoms with Crippen LogP contribution in [0, 0.1) is 0 Å². The maximum atomic E-state index is 12.8. The van der Waals surface area contributed by atoms with Crippen LogP contribution in [0.15, 0.2) is 48.7 Å². The minimum Gasteiger partial charge on any atom is -0.361 e. The number of rotatable bonds is 3. The van der Waals surface area contributed by atoms with Crippen LogP contribution in [0.4, 0.5) is 5.69 Å². The van der Waals surface area contributed by atoms with E-state index in [9.17, 15) is 4.79 Å². The third kappa shape index (κ3) is 2.80. The van der Waals surface area contributed by atoms with Gasteiger partial charge in [-0.15, -0.1) is 0 Å². The molecule has 0 saturated heterocycles. The first-order valence-electron chi connectivity index (χ1n) is 8.36. The lowest BCUT2D eigenvalue weighted by Gasteiger charge is -2.29. The molecule has 0 spiro atoms. The number of aromatic amines is 1. The fourth-order valence-electron chi connectivity index (χ4n) is 3.54. The van der Waals surface area contributed by atoms with Gasteiger partial charge >= 0.3 is 0 Å². The van der Waals surface area contributed by atoms with E-state index in [0.717, 1.165) is 42.0 Å². The maximum absolute atomic E-state index is 12.8. The number of carbonyl (C=O) groups is 1. The molecule has 0 unspecified atom stereocenters. The summed E-state index contributed by atoms with van der Waals surface area (Å²) in [4.78, 5) is 18.0. The van der Waals surface area contributed by atoms with Crippen molar-refractivity contribution in [1.82, 2.24) is 4.98 Å². The standard InChI is InChI=1S/C20H19ClN2O/c21-16-8-9-19-14(12-16)4-3-11-23(19)20(24)10-7-15-13-22-18-6-2-1-5-17(15)18/h1-2,5-6,8-9,12-13,22H,3-4,7,10-11H2. The van der Waals surface area contributed by atoms with Gasteiger partial charge < -0.3 is 9.88 Å². The van der Waals surface area contributed by atoms with Crippen molar-refractivity contribution in [3.8, 4) is 0 Å². The zero-order chi connectivity index (χ0) is 16.5. The van der Waals surface area contributed by atoms with Crippen LogP contribution >= 0.6 is 11.6 Å². The SMILES string of the molecule is O=C(CCc1c[nH]c2ccccc12)N1CCCc2cc(Cl)ccc21. The van der Waals surface area contributed by atoms with E-state index in [1.165, 1.54) is 16.5 Å². The number of aryl methyl sites for hydroxylation is 2. The van der Waals surface area contributed by atoms with E-state index in [2.05, 4.69) is 17.1 Å². The van der Waals surface area contributed by atoms with Gasteiger partial charge in [0.25, 0.3) is 0 Å². The number of aromatic nitrogens is 1. The summed E-state index contributed by atoms with van der Waals surface area (Å²) in [6.07, 6.45) is 5.27. The molecule has 0 aliphatic carbocycles. The number of benzene rings is 2. The van der Waals surface area contributed by atoms with Crippen molar-refractivity contribution in [3.05, 3.63) is 64.8 Å². The first kappa shape index (κ1) is 15.3. The third-order valence-electron chi connectivity index (χ3n) is 4.74. The van der Waals surface area contributed by atoms with E-state index >= 15 is 0 Å². The second kappa shape index (κ2) is 6.33. The second-order valence-corrected chi connectivity index (χ2v) is 6.72. The normalized spacial score (nSPS) is 14.0. The summed E-state index contributed by atoms with van der Waals surface area (Å²) in [7, 11) is 0. The molecule has 1 aliphatic heterocycles. The fourth-order valence-corrected chi connectivity index (χ4v) is 3.73. The molecular weight excluding hydrogens is 320 g/mol. The first-order chi connectivity index (χ1) is 11.7. The lowest BCUT2D eigenvalue weighted by Crippen LogP contribution is -2.35. The molecular formula is C20H19ClN2O. The Morgan fingerprint density at radius 3 is 3.00 bits per heavy atom. The molecule has 0 atom stereocenters. The van der Waals surface area contributed by atoms with E-state index in [4.69, 9.17) is 11.6 Å². The van der Waals surface area contributed by atoms with Gasteiger partial charge in [-0.1, -0.05) is 29.8 Å². The Balaban J connectivity index is 1.51. The lowest BCUT2D eigenvalue weighted by atomic mass is 10.0. The fraction of sp³-hybridized carbons (Fsp3) is 0.250. The van der Waals surface area contributed by atoms with Gasteiger partial charge in [0, 0.05) is 40.8 Å². The van der Waals surface area contributed by atoms with Crippen LogP contribution in [0.2, 0.25) is 5.02 Å². The summed E-state index contributed by atoms with van der Waals surface area (Å²) < 4.78 is 0. The maximum Gasteiger partial charge on any atom is 0.227 e. The summed E-state index contributed by atoms with van der Waals surface area (Å²) in [5, 5.41) is 1.94. The Labute approximate surface area is 146 Å². The topological polar surface area (TPSA) is 36.1 Å². The number of nitrogens with zero attached hydrogens (tertiary/aromatic N) is 1. The van der Waals surface area contributed by atoms with Crippen LogP contribution in [-0.2, 0) is 17.6 Å². The summed E-state index contributed by atoms with van der Waals surface area (Å²) in [6, 6.07) is 14.0. The number of hydrogen-bond donors (Lipinski definition) is 1. The highest BCUT2D eigenvalue weighted by Crippen LogP contribution is 2.30. The number of carbonyl (C=O) groups excluding carboxylic acids is 1. The summed E-state index contributed by atoms with van der Waals surface area (Å²) >= 11 is 6.08. The van der Waals surface area contributed by atoms with Crippen molar-refractivity contribution >= 4 is 34.1 Å². The molecule has 1 N–H and O–H groups in total.